The zero-order chi connectivity index (χ0) is 28.2. The van der Waals surface area contributed by atoms with Gasteiger partial charge < -0.3 is 18.9 Å². The van der Waals surface area contributed by atoms with Gasteiger partial charge in [0.2, 0.25) is 16.0 Å². The Morgan fingerprint density at radius 3 is 2.36 bits per heavy atom. The van der Waals surface area contributed by atoms with Crippen LogP contribution < -0.4 is 14.2 Å². The van der Waals surface area contributed by atoms with E-state index in [2.05, 4.69) is 24.9 Å². The van der Waals surface area contributed by atoms with Gasteiger partial charge in [-0.15, -0.1) is 10.2 Å². The van der Waals surface area contributed by atoms with Crippen LogP contribution in [0.5, 0.6) is 11.5 Å². The number of aryl methyl sites for hydroxylation is 1. The van der Waals surface area contributed by atoms with E-state index in [-0.39, 0.29) is 18.0 Å². The second-order valence-corrected chi connectivity index (χ2v) is 11.7. The van der Waals surface area contributed by atoms with Crippen LogP contribution in [0, 0.1) is 6.92 Å². The number of hydrogen-bond acceptors (Lipinski definition) is 10. The topological polar surface area (TPSA) is 140 Å². The molecule has 3 heterocycles. The van der Waals surface area contributed by atoms with Crippen LogP contribution in [-0.4, -0.2) is 71.9 Å². The highest BCUT2D eigenvalue weighted by atomic mass is 32.2. The van der Waals surface area contributed by atoms with E-state index in [1.165, 1.54) is 20.4 Å². The minimum atomic E-state index is -4.08. The molecule has 0 aliphatic carbocycles. The number of para-hydroxylation sites is 1. The molecule has 0 amide bonds. The first-order chi connectivity index (χ1) is 18.7. The monoisotopic (exact) mass is 560 g/mol. The molecule has 3 atom stereocenters. The Morgan fingerprint density at radius 2 is 1.79 bits per heavy atom. The van der Waals surface area contributed by atoms with Crippen molar-refractivity contribution in [3.05, 3.63) is 47.8 Å². The number of nitrogens with zero attached hydrogens (tertiary/aromatic N) is 5. The largest absolute Gasteiger partial charge is 0.494 e. The lowest BCUT2D eigenvalue weighted by Gasteiger charge is -2.27. The van der Waals surface area contributed by atoms with Crippen LogP contribution in [0.3, 0.4) is 0 Å². The average Bonchev–Trinajstić information content (AvgIpc) is 3.33. The molecule has 39 heavy (non-hydrogen) atoms. The number of sulfonamides is 1. The van der Waals surface area contributed by atoms with Gasteiger partial charge in [0.15, 0.2) is 0 Å². The average molecular weight is 561 g/mol. The minimum Gasteiger partial charge on any atom is -0.494 e. The summed E-state index contributed by atoms with van der Waals surface area (Å²) in [5.74, 6) is 1.38. The van der Waals surface area contributed by atoms with Gasteiger partial charge in [-0.2, -0.15) is 0 Å². The molecule has 4 rings (SSSR count). The van der Waals surface area contributed by atoms with Crippen molar-refractivity contribution in [2.45, 2.75) is 63.9 Å². The lowest BCUT2D eigenvalue weighted by molar-refractivity contribution is 0.00394. The van der Waals surface area contributed by atoms with Crippen LogP contribution in [0.2, 0.25) is 0 Å². The molecule has 1 aliphatic heterocycles. The summed E-state index contributed by atoms with van der Waals surface area (Å²) in [6.45, 7) is 8.16. The maximum Gasteiger partial charge on any atom is 0.243 e. The van der Waals surface area contributed by atoms with Gasteiger partial charge in [-0.05, 0) is 52.7 Å². The Hall–Kier alpha value is -3.29. The minimum absolute atomic E-state index is 0.00325. The molecule has 0 radical (unpaired) electrons. The summed E-state index contributed by atoms with van der Waals surface area (Å²) in [7, 11) is -1.01. The van der Waals surface area contributed by atoms with Gasteiger partial charge in [-0.1, -0.05) is 6.07 Å². The van der Waals surface area contributed by atoms with Crippen molar-refractivity contribution in [2.24, 2.45) is 0 Å². The van der Waals surface area contributed by atoms with Crippen molar-refractivity contribution in [1.82, 2.24) is 24.7 Å². The fourth-order valence-electron chi connectivity index (χ4n) is 4.49. The summed E-state index contributed by atoms with van der Waals surface area (Å²) in [4.78, 5) is 8.67. The van der Waals surface area contributed by atoms with Crippen LogP contribution in [0.4, 0.5) is 5.95 Å². The zero-order valence-electron chi connectivity index (χ0n) is 23.1. The van der Waals surface area contributed by atoms with E-state index in [1.54, 1.807) is 35.9 Å². The summed E-state index contributed by atoms with van der Waals surface area (Å²) in [5, 5.41) is 7.64. The molecule has 1 saturated heterocycles. The Morgan fingerprint density at radius 1 is 1.08 bits per heavy atom. The van der Waals surface area contributed by atoms with Crippen LogP contribution in [0.25, 0.3) is 5.69 Å². The number of anilines is 1. The highest BCUT2D eigenvalue weighted by molar-refractivity contribution is 7.93. The molecule has 0 bridgehead atoms. The SMILES string of the molecule is COc1cccc(OC)c1-n1c(NS(=O)(=O)[C@H](C)[C@H](OC(C)C)c2cnc(C)cn2)nnc1C1CCCOC1. The third-order valence-electron chi connectivity index (χ3n) is 6.50. The first-order valence-electron chi connectivity index (χ1n) is 12.9. The lowest BCUT2D eigenvalue weighted by Crippen LogP contribution is -2.34. The highest BCUT2D eigenvalue weighted by Gasteiger charge is 2.36. The van der Waals surface area contributed by atoms with E-state index in [4.69, 9.17) is 18.9 Å². The molecular weight excluding hydrogens is 524 g/mol. The van der Waals surface area contributed by atoms with Crippen LogP contribution in [0.15, 0.2) is 30.6 Å². The standard InChI is InChI=1S/C26H36N6O6S/c1-16(2)38-24(20-14-27-17(3)13-28-20)18(4)39(33,34)31-26-30-29-25(19-9-8-12-37-15-19)32(26)23-21(35-5)10-7-11-22(23)36-6/h7,10-11,13-14,16,18-19,24H,8-9,12,15H2,1-6H3,(H,30,31)/t18-,19?,24+/m1/s1. The van der Waals surface area contributed by atoms with Crippen molar-refractivity contribution in [1.29, 1.82) is 0 Å². The molecule has 12 nitrogen and oxygen atoms in total. The molecule has 13 heteroatoms. The van der Waals surface area contributed by atoms with E-state index in [1.807, 2.05) is 20.8 Å². The van der Waals surface area contributed by atoms with Gasteiger partial charge in [0.05, 0.1) is 44.5 Å². The smallest absolute Gasteiger partial charge is 0.243 e. The summed E-state index contributed by atoms with van der Waals surface area (Å²) < 4.78 is 55.0. The summed E-state index contributed by atoms with van der Waals surface area (Å²) >= 11 is 0. The normalized spacial score (nSPS) is 17.6. The van der Waals surface area contributed by atoms with Crippen LogP contribution >= 0.6 is 0 Å². The first kappa shape index (κ1) is 28.7. The maximum absolute atomic E-state index is 13.8. The van der Waals surface area contributed by atoms with E-state index >= 15 is 0 Å². The summed E-state index contributed by atoms with van der Waals surface area (Å²) in [5.41, 5.74) is 1.62. The number of nitrogens with one attached hydrogen (secondary N) is 1. The number of methoxy groups -OCH3 is 2. The fourth-order valence-corrected chi connectivity index (χ4v) is 5.59. The van der Waals surface area contributed by atoms with Crippen molar-refractivity contribution in [3.8, 4) is 17.2 Å². The molecule has 212 valence electrons. The first-order valence-corrected chi connectivity index (χ1v) is 14.4. The molecule has 0 saturated carbocycles. The number of hydrogen-bond donors (Lipinski definition) is 1. The van der Waals surface area contributed by atoms with Gasteiger partial charge in [0.25, 0.3) is 0 Å². The Kier molecular flexibility index (Phi) is 9.03. The Bertz CT molecular complexity index is 1330. The molecule has 1 fully saturated rings. The van der Waals surface area contributed by atoms with Gasteiger partial charge in [0, 0.05) is 18.7 Å². The molecule has 1 N–H and O–H groups in total. The maximum atomic E-state index is 13.8. The lowest BCUT2D eigenvalue weighted by atomic mass is 10.0. The summed E-state index contributed by atoms with van der Waals surface area (Å²) in [6, 6.07) is 5.32. The van der Waals surface area contributed by atoms with Gasteiger partial charge in [-0.3, -0.25) is 19.3 Å². The van der Waals surface area contributed by atoms with E-state index in [9.17, 15) is 8.42 Å². The predicted octanol–water partition coefficient (Wildman–Crippen LogP) is 3.57. The number of aromatic nitrogens is 5. The highest BCUT2D eigenvalue weighted by Crippen LogP contribution is 2.38. The van der Waals surface area contributed by atoms with E-state index < -0.39 is 21.4 Å². The van der Waals surface area contributed by atoms with Gasteiger partial charge in [0.1, 0.15) is 34.4 Å². The number of benzene rings is 1. The Balaban J connectivity index is 1.79. The number of rotatable bonds is 11. The third kappa shape index (κ3) is 6.31. The zero-order valence-corrected chi connectivity index (χ0v) is 23.9. The van der Waals surface area contributed by atoms with E-state index in [0.717, 1.165) is 12.8 Å². The van der Waals surface area contributed by atoms with E-state index in [0.29, 0.717) is 47.6 Å². The molecule has 3 aromatic rings. The second-order valence-electron chi connectivity index (χ2n) is 9.68. The van der Waals surface area contributed by atoms with Gasteiger partial charge in [-0.25, -0.2) is 8.42 Å². The quantitative estimate of drug-likeness (QED) is 0.370. The Labute approximate surface area is 229 Å². The van der Waals surface area contributed by atoms with Crippen molar-refractivity contribution >= 4 is 16.0 Å². The fraction of sp³-hybridized carbons (Fsp3) is 0.538. The number of ether oxygens (including phenoxy) is 4. The third-order valence-corrected chi connectivity index (χ3v) is 8.19. The van der Waals surface area contributed by atoms with Crippen molar-refractivity contribution in [2.75, 3.05) is 32.2 Å². The molecule has 1 unspecified atom stereocenters. The molecule has 0 spiro atoms. The van der Waals surface area contributed by atoms with Crippen molar-refractivity contribution < 1.29 is 27.4 Å². The summed E-state index contributed by atoms with van der Waals surface area (Å²) in [6.07, 6.45) is 3.66. The van der Waals surface area contributed by atoms with Gasteiger partial charge >= 0.3 is 0 Å². The van der Waals surface area contributed by atoms with Crippen molar-refractivity contribution in [3.63, 3.8) is 0 Å². The molecule has 1 aromatic carbocycles. The van der Waals surface area contributed by atoms with Crippen LogP contribution in [-0.2, 0) is 19.5 Å². The van der Waals surface area contributed by atoms with Crippen LogP contribution in [0.1, 0.15) is 62.8 Å². The predicted molar refractivity (Wildman–Crippen MR) is 145 cm³/mol. The molecular formula is C26H36N6O6S. The molecule has 1 aliphatic rings. The second kappa shape index (κ2) is 12.3. The molecule has 2 aromatic heterocycles.